The number of hydrogen-bond acceptors (Lipinski definition) is 4. The van der Waals surface area contributed by atoms with E-state index in [2.05, 4.69) is 16.4 Å². The predicted octanol–water partition coefficient (Wildman–Crippen LogP) is 2.94. The maximum absolute atomic E-state index is 5.84. The van der Waals surface area contributed by atoms with Crippen LogP contribution in [-0.2, 0) is 6.54 Å². The molecule has 21 heavy (non-hydrogen) atoms. The lowest BCUT2D eigenvalue weighted by molar-refractivity contribution is 0.414. The molecule has 1 aliphatic rings. The van der Waals surface area contributed by atoms with Crippen LogP contribution in [0.5, 0.6) is 5.75 Å². The molecule has 1 aromatic carbocycles. The van der Waals surface area contributed by atoms with Gasteiger partial charge in [-0.15, -0.1) is 12.4 Å². The Morgan fingerprint density at radius 1 is 1.24 bits per heavy atom. The fraction of sp³-hybridized carbons (Fsp3) is 0.312. The molecule has 1 aromatic heterocycles. The van der Waals surface area contributed by atoms with Crippen LogP contribution in [0.4, 0.5) is 5.82 Å². The summed E-state index contributed by atoms with van der Waals surface area (Å²) in [6.45, 7) is 0.749. The van der Waals surface area contributed by atoms with E-state index < -0.39 is 0 Å². The van der Waals surface area contributed by atoms with Crippen molar-refractivity contribution in [3.05, 3.63) is 53.7 Å². The van der Waals surface area contributed by atoms with E-state index in [1.165, 1.54) is 11.1 Å². The van der Waals surface area contributed by atoms with E-state index in [0.717, 1.165) is 24.5 Å². The van der Waals surface area contributed by atoms with Crippen LogP contribution in [0, 0.1) is 0 Å². The minimum absolute atomic E-state index is 0. The number of nitrogens with two attached hydrogens (primary N) is 1. The molecule has 4 nitrogen and oxygen atoms in total. The first-order valence-electron chi connectivity index (χ1n) is 6.84. The third-order valence-electron chi connectivity index (χ3n) is 3.69. The summed E-state index contributed by atoms with van der Waals surface area (Å²) in [5.74, 6) is 2.27. The van der Waals surface area contributed by atoms with Gasteiger partial charge in [0.05, 0.1) is 7.11 Å². The van der Waals surface area contributed by atoms with Gasteiger partial charge in [-0.25, -0.2) is 4.98 Å². The van der Waals surface area contributed by atoms with Crippen LogP contribution in [0.3, 0.4) is 0 Å². The molecule has 0 saturated heterocycles. The summed E-state index contributed by atoms with van der Waals surface area (Å²) in [5.41, 5.74) is 8.28. The molecule has 0 bridgehead atoms. The second-order valence-corrected chi connectivity index (χ2v) is 5.18. The van der Waals surface area contributed by atoms with Gasteiger partial charge in [-0.3, -0.25) is 0 Å². The van der Waals surface area contributed by atoms with E-state index in [1.54, 1.807) is 7.11 Å². The molecule has 2 aromatic rings. The van der Waals surface area contributed by atoms with Crippen molar-refractivity contribution in [1.82, 2.24) is 4.98 Å². The second-order valence-electron chi connectivity index (χ2n) is 5.18. The summed E-state index contributed by atoms with van der Waals surface area (Å²) in [7, 11) is 1.67. The molecule has 1 heterocycles. The highest BCUT2D eigenvalue weighted by molar-refractivity contribution is 5.85. The zero-order chi connectivity index (χ0) is 13.9. The Balaban J connectivity index is 0.00000161. The number of nitrogens with zero attached hydrogens (tertiary/aromatic N) is 1. The lowest BCUT2D eigenvalue weighted by atomic mass is 10.2. The molecule has 0 radical (unpaired) electrons. The monoisotopic (exact) mass is 305 g/mol. The normalized spacial score (nSPS) is 19.5. The van der Waals surface area contributed by atoms with Gasteiger partial charge in [0.2, 0.25) is 0 Å². The number of aromatic nitrogens is 1. The van der Waals surface area contributed by atoms with Gasteiger partial charge in [-0.05, 0) is 35.7 Å². The predicted molar refractivity (Wildman–Crippen MR) is 87.1 cm³/mol. The first-order chi connectivity index (χ1) is 9.76. The minimum atomic E-state index is 0. The van der Waals surface area contributed by atoms with Crippen molar-refractivity contribution in [3.63, 3.8) is 0 Å². The third-order valence-corrected chi connectivity index (χ3v) is 3.69. The van der Waals surface area contributed by atoms with Crippen LogP contribution in [0.1, 0.15) is 23.5 Å². The number of rotatable bonds is 5. The quantitative estimate of drug-likeness (QED) is 0.891. The van der Waals surface area contributed by atoms with Crippen LogP contribution in [0.2, 0.25) is 0 Å². The molecule has 0 unspecified atom stereocenters. The Bertz CT molecular complexity index is 571. The average molecular weight is 306 g/mol. The Morgan fingerprint density at radius 3 is 2.48 bits per heavy atom. The fourth-order valence-electron chi connectivity index (χ4n) is 2.26. The summed E-state index contributed by atoms with van der Waals surface area (Å²) >= 11 is 0. The van der Waals surface area contributed by atoms with Gasteiger partial charge in [0, 0.05) is 24.7 Å². The average Bonchev–Trinajstić information content (AvgIpc) is 3.23. The van der Waals surface area contributed by atoms with Crippen molar-refractivity contribution in [2.75, 3.05) is 12.4 Å². The molecule has 2 atom stereocenters. The molecular weight excluding hydrogens is 286 g/mol. The van der Waals surface area contributed by atoms with Crippen molar-refractivity contribution in [2.45, 2.75) is 24.9 Å². The highest BCUT2D eigenvalue weighted by atomic mass is 35.5. The maximum Gasteiger partial charge on any atom is 0.126 e. The van der Waals surface area contributed by atoms with Gasteiger partial charge in [-0.1, -0.05) is 18.2 Å². The Hall–Kier alpha value is -1.78. The molecule has 0 spiro atoms. The van der Waals surface area contributed by atoms with Crippen molar-refractivity contribution in [2.24, 2.45) is 5.73 Å². The Labute approximate surface area is 131 Å². The second kappa shape index (κ2) is 6.78. The molecule has 112 valence electrons. The summed E-state index contributed by atoms with van der Waals surface area (Å²) in [5, 5.41) is 3.31. The van der Waals surface area contributed by atoms with Crippen LogP contribution < -0.4 is 15.8 Å². The van der Waals surface area contributed by atoms with Crippen molar-refractivity contribution < 1.29 is 4.74 Å². The summed E-state index contributed by atoms with van der Waals surface area (Å²) in [6.07, 6.45) is 3.01. The summed E-state index contributed by atoms with van der Waals surface area (Å²) < 4.78 is 5.14. The lowest BCUT2D eigenvalue weighted by Crippen LogP contribution is -2.03. The van der Waals surface area contributed by atoms with E-state index in [9.17, 15) is 0 Å². The van der Waals surface area contributed by atoms with Crippen LogP contribution in [0.15, 0.2) is 42.6 Å². The first-order valence-corrected chi connectivity index (χ1v) is 6.84. The van der Waals surface area contributed by atoms with Gasteiger partial charge in [0.15, 0.2) is 0 Å². The zero-order valence-electron chi connectivity index (χ0n) is 12.0. The van der Waals surface area contributed by atoms with Crippen LogP contribution >= 0.6 is 12.4 Å². The smallest absolute Gasteiger partial charge is 0.126 e. The Morgan fingerprint density at radius 2 is 1.95 bits per heavy atom. The standard InChI is InChI=1S/C16H19N3O.ClH/c1-20-13-5-2-11(3-6-13)9-18-16-7-4-12(10-19-16)14-8-15(14)17;/h2-7,10,14-15H,8-9,17H2,1H3,(H,18,19);1H/t14-,15+;/m0./s1. The van der Waals surface area contributed by atoms with Crippen molar-refractivity contribution >= 4 is 18.2 Å². The number of anilines is 1. The molecule has 3 N–H and O–H groups in total. The van der Waals surface area contributed by atoms with Gasteiger partial charge in [-0.2, -0.15) is 0 Å². The zero-order valence-corrected chi connectivity index (χ0v) is 12.8. The third kappa shape index (κ3) is 3.86. The first kappa shape index (κ1) is 15.6. The van der Waals surface area contributed by atoms with Crippen LogP contribution in [0.25, 0.3) is 0 Å². The van der Waals surface area contributed by atoms with E-state index in [4.69, 9.17) is 10.5 Å². The molecular formula is C16H20ClN3O. The molecule has 3 rings (SSSR count). The van der Waals surface area contributed by atoms with E-state index in [0.29, 0.717) is 12.0 Å². The number of pyridine rings is 1. The highest BCUT2D eigenvalue weighted by Gasteiger charge is 2.34. The van der Waals surface area contributed by atoms with Crippen molar-refractivity contribution in [3.8, 4) is 5.75 Å². The minimum Gasteiger partial charge on any atom is -0.497 e. The number of benzene rings is 1. The SMILES string of the molecule is COc1ccc(CNc2ccc([C@@H]3C[C@H]3N)cn2)cc1.Cl. The van der Waals surface area contributed by atoms with E-state index >= 15 is 0 Å². The lowest BCUT2D eigenvalue weighted by Gasteiger charge is -2.07. The molecule has 0 aliphatic heterocycles. The number of methoxy groups -OCH3 is 1. The largest absolute Gasteiger partial charge is 0.497 e. The number of ether oxygens (including phenoxy) is 1. The van der Waals surface area contributed by atoms with E-state index in [1.807, 2.05) is 36.5 Å². The van der Waals surface area contributed by atoms with E-state index in [-0.39, 0.29) is 12.4 Å². The molecule has 1 fully saturated rings. The number of hydrogen-bond donors (Lipinski definition) is 2. The highest BCUT2D eigenvalue weighted by Crippen LogP contribution is 2.38. The van der Waals surface area contributed by atoms with Gasteiger partial charge in [0.1, 0.15) is 11.6 Å². The molecule has 0 amide bonds. The van der Waals surface area contributed by atoms with Gasteiger partial charge < -0.3 is 15.8 Å². The molecule has 5 heteroatoms. The summed E-state index contributed by atoms with van der Waals surface area (Å²) in [6, 6.07) is 12.5. The van der Waals surface area contributed by atoms with Crippen LogP contribution in [-0.4, -0.2) is 18.1 Å². The van der Waals surface area contributed by atoms with Crippen molar-refractivity contribution in [1.29, 1.82) is 0 Å². The summed E-state index contributed by atoms with van der Waals surface area (Å²) in [4.78, 5) is 4.43. The fourth-order valence-corrected chi connectivity index (χ4v) is 2.26. The maximum atomic E-state index is 5.84. The Kier molecular flexibility index (Phi) is 5.04. The molecule has 1 aliphatic carbocycles. The number of nitrogens with one attached hydrogen (secondary N) is 1. The van der Waals surface area contributed by atoms with Gasteiger partial charge >= 0.3 is 0 Å². The topological polar surface area (TPSA) is 60.2 Å². The van der Waals surface area contributed by atoms with Gasteiger partial charge in [0.25, 0.3) is 0 Å². The molecule has 1 saturated carbocycles. The number of halogens is 1.